The molecule has 1 amide bonds. The summed E-state index contributed by atoms with van der Waals surface area (Å²) in [6, 6.07) is 13.8. The van der Waals surface area contributed by atoms with Crippen molar-refractivity contribution in [1.29, 1.82) is 0 Å². The van der Waals surface area contributed by atoms with Crippen molar-refractivity contribution in [2.75, 3.05) is 10.6 Å². The van der Waals surface area contributed by atoms with E-state index >= 15 is 0 Å². The van der Waals surface area contributed by atoms with Crippen LogP contribution in [0.4, 0.5) is 5.69 Å². The number of hydrogen-bond donors (Lipinski definition) is 1. The lowest BCUT2D eigenvalue weighted by Gasteiger charge is -2.23. The van der Waals surface area contributed by atoms with E-state index in [-0.39, 0.29) is 18.5 Å². The van der Waals surface area contributed by atoms with Gasteiger partial charge >= 0.3 is 0 Å². The molecule has 0 aromatic heterocycles. The standard InChI is InChI=1S/C20H25ClN2O3S/c1-4-18(5-2)22-20(24)16-11-9-15(10-12-16)14-23(27(3,25)26)19-8-6-7-17(21)13-19/h6-13,18H,4-5,14H2,1-3H3,(H,22,24). The van der Waals surface area contributed by atoms with E-state index in [4.69, 9.17) is 11.6 Å². The molecule has 5 nitrogen and oxygen atoms in total. The highest BCUT2D eigenvalue weighted by Gasteiger charge is 2.18. The van der Waals surface area contributed by atoms with Crippen molar-refractivity contribution in [2.24, 2.45) is 0 Å². The first kappa shape index (κ1) is 21.3. The van der Waals surface area contributed by atoms with E-state index in [2.05, 4.69) is 5.32 Å². The Balaban J connectivity index is 2.19. The summed E-state index contributed by atoms with van der Waals surface area (Å²) in [5.41, 5.74) is 1.83. The summed E-state index contributed by atoms with van der Waals surface area (Å²) >= 11 is 6.00. The average Bonchev–Trinajstić information content (AvgIpc) is 2.63. The summed E-state index contributed by atoms with van der Waals surface area (Å²) in [6.07, 6.45) is 2.91. The number of halogens is 1. The molecule has 0 saturated heterocycles. The molecule has 0 aliphatic carbocycles. The molecule has 0 aliphatic rings. The fraction of sp³-hybridized carbons (Fsp3) is 0.350. The quantitative estimate of drug-likeness (QED) is 0.710. The monoisotopic (exact) mass is 408 g/mol. The van der Waals surface area contributed by atoms with Crippen molar-refractivity contribution in [3.05, 3.63) is 64.7 Å². The van der Waals surface area contributed by atoms with E-state index in [9.17, 15) is 13.2 Å². The molecule has 0 unspecified atom stereocenters. The number of anilines is 1. The lowest BCUT2D eigenvalue weighted by Crippen LogP contribution is -2.33. The number of sulfonamides is 1. The molecular formula is C20H25ClN2O3S. The zero-order chi connectivity index (χ0) is 20.0. The molecule has 0 atom stereocenters. The third-order valence-corrected chi connectivity index (χ3v) is 5.74. The fourth-order valence-electron chi connectivity index (χ4n) is 2.72. The van der Waals surface area contributed by atoms with Gasteiger partial charge in [-0.15, -0.1) is 0 Å². The third kappa shape index (κ3) is 5.97. The van der Waals surface area contributed by atoms with Gasteiger partial charge in [0.25, 0.3) is 5.91 Å². The lowest BCUT2D eigenvalue weighted by atomic mass is 10.1. The maximum atomic E-state index is 12.3. The number of carbonyl (C=O) groups excluding carboxylic acids is 1. The first-order valence-corrected chi connectivity index (χ1v) is 11.1. The Labute approximate surface area is 166 Å². The van der Waals surface area contributed by atoms with Crippen LogP contribution in [0.2, 0.25) is 5.02 Å². The van der Waals surface area contributed by atoms with Gasteiger partial charge in [-0.25, -0.2) is 8.42 Å². The fourth-order valence-corrected chi connectivity index (χ4v) is 3.78. The topological polar surface area (TPSA) is 66.5 Å². The van der Waals surface area contributed by atoms with Crippen LogP contribution in [-0.2, 0) is 16.6 Å². The predicted molar refractivity (Wildman–Crippen MR) is 111 cm³/mol. The van der Waals surface area contributed by atoms with Gasteiger partial charge in [-0.3, -0.25) is 9.10 Å². The number of hydrogen-bond acceptors (Lipinski definition) is 3. The molecule has 0 bridgehead atoms. The van der Waals surface area contributed by atoms with Crippen molar-refractivity contribution < 1.29 is 13.2 Å². The molecule has 2 rings (SSSR count). The summed E-state index contributed by atoms with van der Waals surface area (Å²) in [5, 5.41) is 3.46. The van der Waals surface area contributed by atoms with Crippen molar-refractivity contribution in [1.82, 2.24) is 5.32 Å². The van der Waals surface area contributed by atoms with E-state index in [0.717, 1.165) is 24.7 Å². The Kier molecular flexibility index (Phi) is 7.27. The molecule has 2 aromatic carbocycles. The number of nitrogens with zero attached hydrogens (tertiary/aromatic N) is 1. The Morgan fingerprint density at radius 1 is 1.11 bits per heavy atom. The molecule has 27 heavy (non-hydrogen) atoms. The van der Waals surface area contributed by atoms with E-state index in [0.29, 0.717) is 16.3 Å². The van der Waals surface area contributed by atoms with Crippen molar-refractivity contribution in [2.45, 2.75) is 39.3 Å². The minimum Gasteiger partial charge on any atom is -0.349 e. The second kappa shape index (κ2) is 9.24. The van der Waals surface area contributed by atoms with Crippen LogP contribution in [0.5, 0.6) is 0 Å². The summed E-state index contributed by atoms with van der Waals surface area (Å²) in [4.78, 5) is 12.3. The molecule has 0 aliphatic heterocycles. The number of rotatable bonds is 8. The van der Waals surface area contributed by atoms with Gasteiger partial charge in [-0.2, -0.15) is 0 Å². The van der Waals surface area contributed by atoms with Gasteiger partial charge in [0.1, 0.15) is 0 Å². The van der Waals surface area contributed by atoms with Crippen molar-refractivity contribution >= 4 is 33.2 Å². The van der Waals surface area contributed by atoms with Crippen LogP contribution >= 0.6 is 11.6 Å². The molecule has 146 valence electrons. The molecule has 1 N–H and O–H groups in total. The van der Waals surface area contributed by atoms with Crippen LogP contribution in [0.3, 0.4) is 0 Å². The SMILES string of the molecule is CCC(CC)NC(=O)c1ccc(CN(c2cccc(Cl)c2)S(C)(=O)=O)cc1. The van der Waals surface area contributed by atoms with E-state index in [1.54, 1.807) is 48.5 Å². The zero-order valence-corrected chi connectivity index (χ0v) is 17.3. The van der Waals surface area contributed by atoms with Gasteiger partial charge in [0.15, 0.2) is 0 Å². The maximum absolute atomic E-state index is 12.3. The minimum absolute atomic E-state index is 0.120. The van der Waals surface area contributed by atoms with Gasteiger partial charge in [-0.1, -0.05) is 43.6 Å². The molecular weight excluding hydrogens is 384 g/mol. The molecule has 0 radical (unpaired) electrons. The predicted octanol–water partition coefficient (Wildman–Crippen LogP) is 4.22. The minimum atomic E-state index is -3.49. The number of benzene rings is 2. The second-order valence-corrected chi connectivity index (χ2v) is 8.78. The number of amides is 1. The van der Waals surface area contributed by atoms with Gasteiger partial charge in [0.2, 0.25) is 10.0 Å². The highest BCUT2D eigenvalue weighted by molar-refractivity contribution is 7.92. The van der Waals surface area contributed by atoms with E-state index < -0.39 is 10.0 Å². The average molecular weight is 409 g/mol. The maximum Gasteiger partial charge on any atom is 0.251 e. The van der Waals surface area contributed by atoms with Gasteiger partial charge < -0.3 is 5.32 Å². The molecule has 0 heterocycles. The summed E-state index contributed by atoms with van der Waals surface area (Å²) in [5.74, 6) is -0.120. The van der Waals surface area contributed by atoms with Crippen LogP contribution in [-0.4, -0.2) is 26.6 Å². The van der Waals surface area contributed by atoms with Gasteiger partial charge in [-0.05, 0) is 48.7 Å². The first-order valence-electron chi connectivity index (χ1n) is 8.87. The molecule has 7 heteroatoms. The van der Waals surface area contributed by atoms with Crippen LogP contribution < -0.4 is 9.62 Å². The molecule has 0 saturated carbocycles. The summed E-state index contributed by atoms with van der Waals surface area (Å²) in [7, 11) is -3.49. The van der Waals surface area contributed by atoms with Crippen molar-refractivity contribution in [3.8, 4) is 0 Å². The Hall–Kier alpha value is -2.05. The smallest absolute Gasteiger partial charge is 0.251 e. The molecule has 2 aromatic rings. The first-order chi connectivity index (χ1) is 12.7. The second-order valence-electron chi connectivity index (χ2n) is 6.43. The van der Waals surface area contributed by atoms with Crippen LogP contribution in [0, 0.1) is 0 Å². The number of nitrogens with one attached hydrogen (secondary N) is 1. The highest BCUT2D eigenvalue weighted by Crippen LogP contribution is 2.24. The Bertz CT molecular complexity index is 878. The zero-order valence-electron chi connectivity index (χ0n) is 15.8. The third-order valence-electron chi connectivity index (χ3n) is 4.36. The number of carbonyl (C=O) groups is 1. The highest BCUT2D eigenvalue weighted by atomic mass is 35.5. The van der Waals surface area contributed by atoms with Crippen LogP contribution in [0.25, 0.3) is 0 Å². The Morgan fingerprint density at radius 3 is 2.26 bits per heavy atom. The molecule has 0 spiro atoms. The summed E-state index contributed by atoms with van der Waals surface area (Å²) < 4.78 is 25.7. The summed E-state index contributed by atoms with van der Waals surface area (Å²) in [6.45, 7) is 4.23. The van der Waals surface area contributed by atoms with Gasteiger partial charge in [0, 0.05) is 16.6 Å². The van der Waals surface area contributed by atoms with Gasteiger partial charge in [0.05, 0.1) is 18.5 Å². The molecule has 0 fully saturated rings. The van der Waals surface area contributed by atoms with E-state index in [1.165, 1.54) is 4.31 Å². The largest absolute Gasteiger partial charge is 0.349 e. The normalized spacial score (nSPS) is 11.4. The Morgan fingerprint density at radius 2 is 1.74 bits per heavy atom. The van der Waals surface area contributed by atoms with Crippen LogP contribution in [0.15, 0.2) is 48.5 Å². The lowest BCUT2D eigenvalue weighted by molar-refractivity contribution is 0.0935. The van der Waals surface area contributed by atoms with Crippen molar-refractivity contribution in [3.63, 3.8) is 0 Å². The van der Waals surface area contributed by atoms with E-state index in [1.807, 2.05) is 13.8 Å². The van der Waals surface area contributed by atoms with Crippen LogP contribution in [0.1, 0.15) is 42.6 Å².